The van der Waals surface area contributed by atoms with Crippen LogP contribution in [-0.2, 0) is 9.59 Å². The fraction of sp³-hybridized carbons (Fsp3) is 0.348. The van der Waals surface area contributed by atoms with Crippen molar-refractivity contribution in [3.05, 3.63) is 54.1 Å². The zero-order valence-electron chi connectivity index (χ0n) is 18.3. The summed E-state index contributed by atoms with van der Waals surface area (Å²) in [5.74, 6) is -1.46. The summed E-state index contributed by atoms with van der Waals surface area (Å²) in [5.41, 5.74) is 11.3. The van der Waals surface area contributed by atoms with Crippen molar-refractivity contribution >= 4 is 23.4 Å². The van der Waals surface area contributed by atoms with E-state index >= 15 is 0 Å². The van der Waals surface area contributed by atoms with Gasteiger partial charge in [-0.05, 0) is 55.2 Å². The number of carbonyl (C=O) groups excluding carboxylic acids is 3. The highest BCUT2D eigenvalue weighted by atomic mass is 16.5. The second-order valence-corrected chi connectivity index (χ2v) is 8.01. The number of benzene rings is 2. The number of nitrogens with one attached hydrogen (secondary N) is 5. The van der Waals surface area contributed by atoms with Crippen LogP contribution in [0.1, 0.15) is 36.5 Å². The molecule has 3 rings (SSSR count). The topological polar surface area (TPSA) is 156 Å². The number of hydrogen-bond acceptors (Lipinski definition) is 7. The second-order valence-electron chi connectivity index (χ2n) is 8.01. The first-order chi connectivity index (χ1) is 15.9. The van der Waals surface area contributed by atoms with Gasteiger partial charge in [-0.15, -0.1) is 0 Å². The highest BCUT2D eigenvalue weighted by molar-refractivity contribution is 5.98. The van der Waals surface area contributed by atoms with Crippen LogP contribution in [0.5, 0.6) is 0 Å². The smallest absolute Gasteiger partial charge is 0.268 e. The molecule has 10 nitrogen and oxygen atoms in total. The molecule has 0 spiro atoms. The minimum Gasteiger partial charge on any atom is -0.338 e. The Bertz CT molecular complexity index is 989. The summed E-state index contributed by atoms with van der Waals surface area (Å²) in [4.78, 5) is 36.3. The molecule has 10 heteroatoms. The third-order valence-electron chi connectivity index (χ3n) is 5.67. The third kappa shape index (κ3) is 6.43. The SMILES string of the molecule is C[C@@H](N=N)[C@H](NC(=O)c1ccc(-c2ccc(NC(=O)CNC3CCC3)cc2)cc1)C(=O)NO. The molecule has 1 aliphatic carbocycles. The van der Waals surface area contributed by atoms with E-state index < -0.39 is 23.9 Å². The maximum Gasteiger partial charge on any atom is 0.268 e. The van der Waals surface area contributed by atoms with Gasteiger partial charge in [0, 0.05) is 17.3 Å². The Morgan fingerprint density at radius 1 is 1.06 bits per heavy atom. The molecule has 0 radical (unpaired) electrons. The molecule has 3 amide bonds. The molecule has 2 atom stereocenters. The molecular formula is C23H28N6O4. The van der Waals surface area contributed by atoms with E-state index in [4.69, 9.17) is 10.7 Å². The first-order valence-electron chi connectivity index (χ1n) is 10.8. The van der Waals surface area contributed by atoms with Gasteiger partial charge >= 0.3 is 0 Å². The summed E-state index contributed by atoms with van der Waals surface area (Å²) >= 11 is 0. The van der Waals surface area contributed by atoms with Crippen LogP contribution in [-0.4, -0.2) is 47.6 Å². The molecular weight excluding hydrogens is 424 g/mol. The summed E-state index contributed by atoms with van der Waals surface area (Å²) in [6, 6.07) is 12.6. The Hall–Kier alpha value is -3.63. The predicted molar refractivity (Wildman–Crippen MR) is 122 cm³/mol. The van der Waals surface area contributed by atoms with Gasteiger partial charge in [0.15, 0.2) is 0 Å². The minimum atomic E-state index is -1.17. The molecule has 33 heavy (non-hydrogen) atoms. The van der Waals surface area contributed by atoms with E-state index in [1.54, 1.807) is 24.3 Å². The Balaban J connectivity index is 1.58. The standard InChI is InChI=1S/C23H28N6O4/c1-14(28-24)21(23(32)29-33)27-22(31)17-7-5-15(6-8-17)16-9-11-19(12-10-16)26-20(30)13-25-18-3-2-4-18/h5-12,14,18,21,24-25,33H,2-4,13H2,1H3,(H,26,30)(H,27,31)(H,29,32)/t14-,21+/m1/s1. The number of carbonyl (C=O) groups is 3. The van der Waals surface area contributed by atoms with Crippen molar-refractivity contribution in [1.29, 1.82) is 5.53 Å². The maximum atomic E-state index is 12.5. The number of hydrogen-bond donors (Lipinski definition) is 6. The van der Waals surface area contributed by atoms with Crippen LogP contribution < -0.4 is 21.4 Å². The lowest BCUT2D eigenvalue weighted by molar-refractivity contribution is -0.131. The molecule has 1 aliphatic rings. The van der Waals surface area contributed by atoms with E-state index in [1.807, 2.05) is 24.3 Å². The summed E-state index contributed by atoms with van der Waals surface area (Å²) in [6.07, 6.45) is 3.47. The third-order valence-corrected chi connectivity index (χ3v) is 5.67. The Labute approximate surface area is 191 Å². The first kappa shape index (κ1) is 24.0. The van der Waals surface area contributed by atoms with Crippen LogP contribution >= 0.6 is 0 Å². The van der Waals surface area contributed by atoms with Crippen molar-refractivity contribution in [1.82, 2.24) is 16.1 Å². The number of anilines is 1. The zero-order chi connectivity index (χ0) is 23.8. The van der Waals surface area contributed by atoms with E-state index in [2.05, 4.69) is 21.1 Å². The maximum absolute atomic E-state index is 12.5. The molecule has 0 aliphatic heterocycles. The van der Waals surface area contributed by atoms with Gasteiger partial charge < -0.3 is 16.0 Å². The van der Waals surface area contributed by atoms with Gasteiger partial charge in [-0.2, -0.15) is 5.11 Å². The van der Waals surface area contributed by atoms with Crippen LogP contribution in [0, 0.1) is 5.53 Å². The second kappa shape index (κ2) is 11.3. The lowest BCUT2D eigenvalue weighted by atomic mass is 9.93. The zero-order valence-corrected chi connectivity index (χ0v) is 18.3. The van der Waals surface area contributed by atoms with Gasteiger partial charge in [-0.3, -0.25) is 19.6 Å². The van der Waals surface area contributed by atoms with Crippen LogP contribution in [0.4, 0.5) is 5.69 Å². The van der Waals surface area contributed by atoms with Gasteiger partial charge in [0.1, 0.15) is 6.04 Å². The van der Waals surface area contributed by atoms with Crippen molar-refractivity contribution in [2.24, 2.45) is 5.11 Å². The van der Waals surface area contributed by atoms with Gasteiger partial charge in [-0.1, -0.05) is 30.7 Å². The van der Waals surface area contributed by atoms with E-state index in [0.29, 0.717) is 23.8 Å². The number of rotatable bonds is 10. The molecule has 0 bridgehead atoms. The molecule has 0 saturated heterocycles. The Morgan fingerprint density at radius 3 is 2.18 bits per heavy atom. The van der Waals surface area contributed by atoms with Crippen LogP contribution in [0.15, 0.2) is 53.6 Å². The number of hydroxylamine groups is 1. The normalized spacial score (nSPS) is 15.0. The van der Waals surface area contributed by atoms with Crippen molar-refractivity contribution in [2.75, 3.05) is 11.9 Å². The Kier molecular flexibility index (Phi) is 8.22. The summed E-state index contributed by atoms with van der Waals surface area (Å²) in [6.45, 7) is 1.78. The van der Waals surface area contributed by atoms with E-state index in [0.717, 1.165) is 24.0 Å². The monoisotopic (exact) mass is 452 g/mol. The summed E-state index contributed by atoms with van der Waals surface area (Å²) < 4.78 is 0. The molecule has 2 aromatic rings. The lowest BCUT2D eigenvalue weighted by Crippen LogP contribution is -2.51. The van der Waals surface area contributed by atoms with Crippen molar-refractivity contribution in [2.45, 2.75) is 44.3 Å². The molecule has 1 saturated carbocycles. The number of nitrogens with zero attached hydrogens (tertiary/aromatic N) is 1. The predicted octanol–water partition coefficient (Wildman–Crippen LogP) is 2.46. The molecule has 6 N–H and O–H groups in total. The van der Waals surface area contributed by atoms with E-state index in [9.17, 15) is 14.4 Å². The molecule has 0 unspecified atom stereocenters. The fourth-order valence-electron chi connectivity index (χ4n) is 3.39. The molecule has 1 fully saturated rings. The quantitative estimate of drug-likeness (QED) is 0.186. The summed E-state index contributed by atoms with van der Waals surface area (Å²) in [5, 5.41) is 20.7. The summed E-state index contributed by atoms with van der Waals surface area (Å²) in [7, 11) is 0. The number of amides is 3. The molecule has 174 valence electrons. The fourth-order valence-corrected chi connectivity index (χ4v) is 3.39. The van der Waals surface area contributed by atoms with E-state index in [1.165, 1.54) is 18.8 Å². The van der Waals surface area contributed by atoms with E-state index in [-0.39, 0.29) is 5.91 Å². The Morgan fingerprint density at radius 2 is 1.67 bits per heavy atom. The van der Waals surface area contributed by atoms with Gasteiger partial charge in [0.2, 0.25) is 5.91 Å². The van der Waals surface area contributed by atoms with Gasteiger partial charge in [0.05, 0.1) is 12.6 Å². The minimum absolute atomic E-state index is 0.0780. The highest BCUT2D eigenvalue weighted by Crippen LogP contribution is 2.22. The van der Waals surface area contributed by atoms with Crippen molar-refractivity contribution in [3.63, 3.8) is 0 Å². The first-order valence-corrected chi connectivity index (χ1v) is 10.8. The molecule has 0 heterocycles. The van der Waals surface area contributed by atoms with Crippen molar-refractivity contribution in [3.8, 4) is 11.1 Å². The largest absolute Gasteiger partial charge is 0.338 e. The molecule has 2 aromatic carbocycles. The highest BCUT2D eigenvalue weighted by Gasteiger charge is 2.27. The van der Waals surface area contributed by atoms with Crippen LogP contribution in [0.2, 0.25) is 0 Å². The van der Waals surface area contributed by atoms with Gasteiger partial charge in [0.25, 0.3) is 11.8 Å². The molecule has 0 aromatic heterocycles. The lowest BCUT2D eigenvalue weighted by Gasteiger charge is -2.26. The van der Waals surface area contributed by atoms with Crippen molar-refractivity contribution < 1.29 is 19.6 Å². The average Bonchev–Trinajstić information content (AvgIpc) is 2.81. The van der Waals surface area contributed by atoms with Crippen LogP contribution in [0.3, 0.4) is 0 Å². The van der Waals surface area contributed by atoms with Crippen LogP contribution in [0.25, 0.3) is 11.1 Å². The van der Waals surface area contributed by atoms with Gasteiger partial charge in [-0.25, -0.2) is 11.0 Å². The average molecular weight is 453 g/mol.